The van der Waals surface area contributed by atoms with Crippen LogP contribution in [0.25, 0.3) is 0 Å². The van der Waals surface area contributed by atoms with Gasteiger partial charge in [-0.2, -0.15) is 13.2 Å². The summed E-state index contributed by atoms with van der Waals surface area (Å²) < 4.78 is 51.7. The number of amides is 2. The summed E-state index contributed by atoms with van der Waals surface area (Å²) in [6.07, 6.45) is -4.35. The Balaban J connectivity index is 1.58. The highest BCUT2D eigenvalue weighted by atomic mass is 19.4. The van der Waals surface area contributed by atoms with Gasteiger partial charge in [0, 0.05) is 45.0 Å². The van der Waals surface area contributed by atoms with Crippen LogP contribution in [0, 0.1) is 0 Å². The molecule has 3 rings (SSSR count). The maximum atomic E-state index is 13.6. The molecule has 0 aliphatic carbocycles. The molecule has 2 fully saturated rings. The van der Waals surface area contributed by atoms with Crippen LogP contribution in [0.15, 0.2) is 18.2 Å². The van der Waals surface area contributed by atoms with E-state index in [1.165, 1.54) is 6.07 Å². The molecule has 30 heavy (non-hydrogen) atoms. The molecule has 0 radical (unpaired) electrons. The molecule has 0 aromatic heterocycles. The number of morpholine rings is 2. The van der Waals surface area contributed by atoms with Crippen molar-refractivity contribution in [3.8, 4) is 0 Å². The number of ether oxygens (including phenoxy) is 2. The molecule has 0 saturated carbocycles. The molecule has 10 heteroatoms. The van der Waals surface area contributed by atoms with Gasteiger partial charge in [-0.15, -0.1) is 0 Å². The average Bonchev–Trinajstić information content (AvgIpc) is 2.67. The van der Waals surface area contributed by atoms with Gasteiger partial charge in [-0.25, -0.2) is 4.79 Å². The fourth-order valence-corrected chi connectivity index (χ4v) is 3.86. The number of rotatable bonds is 5. The van der Waals surface area contributed by atoms with Gasteiger partial charge in [0.25, 0.3) is 0 Å². The Kier molecular flexibility index (Phi) is 7.43. The Hall–Kier alpha value is -2.04. The van der Waals surface area contributed by atoms with Crippen LogP contribution in [-0.2, 0) is 15.7 Å². The van der Waals surface area contributed by atoms with Crippen molar-refractivity contribution in [1.29, 1.82) is 0 Å². The third-order valence-corrected chi connectivity index (χ3v) is 5.14. The van der Waals surface area contributed by atoms with Crippen molar-refractivity contribution in [2.45, 2.75) is 32.2 Å². The Morgan fingerprint density at radius 3 is 2.47 bits per heavy atom. The zero-order valence-corrected chi connectivity index (χ0v) is 17.3. The molecule has 168 valence electrons. The van der Waals surface area contributed by atoms with Crippen molar-refractivity contribution in [2.75, 3.05) is 62.7 Å². The largest absolute Gasteiger partial charge is 0.418 e. The van der Waals surface area contributed by atoms with Crippen LogP contribution in [0.1, 0.15) is 19.4 Å². The Morgan fingerprint density at radius 2 is 1.83 bits per heavy atom. The minimum absolute atomic E-state index is 0.113. The maximum Gasteiger partial charge on any atom is 0.418 e. The number of halogens is 3. The van der Waals surface area contributed by atoms with Gasteiger partial charge < -0.3 is 25.0 Å². The van der Waals surface area contributed by atoms with Gasteiger partial charge >= 0.3 is 12.2 Å². The van der Waals surface area contributed by atoms with E-state index in [9.17, 15) is 18.0 Å². The number of benzene rings is 1. The van der Waals surface area contributed by atoms with Gasteiger partial charge in [0.2, 0.25) is 0 Å². The van der Waals surface area contributed by atoms with Crippen molar-refractivity contribution >= 4 is 17.4 Å². The quantitative estimate of drug-likeness (QED) is 0.752. The van der Waals surface area contributed by atoms with Crippen LogP contribution >= 0.6 is 0 Å². The lowest BCUT2D eigenvalue weighted by Crippen LogP contribution is -2.48. The molecule has 2 amide bonds. The van der Waals surface area contributed by atoms with E-state index in [1.54, 1.807) is 6.07 Å². The summed E-state index contributed by atoms with van der Waals surface area (Å²) in [4.78, 5) is 16.2. The van der Waals surface area contributed by atoms with Crippen LogP contribution in [0.2, 0.25) is 0 Å². The molecular weight excluding hydrogens is 401 g/mol. The minimum atomic E-state index is -4.58. The van der Waals surface area contributed by atoms with E-state index >= 15 is 0 Å². The molecule has 7 nitrogen and oxygen atoms in total. The molecule has 0 bridgehead atoms. The summed E-state index contributed by atoms with van der Waals surface area (Å²) in [6.45, 7) is 8.45. The summed E-state index contributed by atoms with van der Waals surface area (Å²) in [7, 11) is 0. The number of carbonyl (C=O) groups is 1. The number of urea groups is 1. The summed E-state index contributed by atoms with van der Waals surface area (Å²) in [5, 5.41) is 4.98. The predicted molar refractivity (Wildman–Crippen MR) is 108 cm³/mol. The first-order valence-corrected chi connectivity index (χ1v) is 10.2. The van der Waals surface area contributed by atoms with Crippen molar-refractivity contribution in [1.82, 2.24) is 10.2 Å². The zero-order valence-electron chi connectivity index (χ0n) is 17.3. The van der Waals surface area contributed by atoms with Crippen molar-refractivity contribution in [2.24, 2.45) is 0 Å². The van der Waals surface area contributed by atoms with E-state index in [0.29, 0.717) is 45.1 Å². The molecule has 2 heterocycles. The molecule has 2 aliphatic heterocycles. The molecule has 0 spiro atoms. The van der Waals surface area contributed by atoms with Crippen LogP contribution in [0.5, 0.6) is 0 Å². The Bertz CT molecular complexity index is 716. The van der Waals surface area contributed by atoms with Crippen LogP contribution in [0.3, 0.4) is 0 Å². The lowest BCUT2D eigenvalue weighted by atomic mass is 10.1. The fraction of sp³-hybridized carbons (Fsp3) is 0.650. The molecular formula is C20H29F3N4O3. The molecule has 1 aromatic rings. The van der Waals surface area contributed by atoms with E-state index in [-0.39, 0.29) is 17.9 Å². The number of carbonyl (C=O) groups excluding carboxylic acids is 1. The Morgan fingerprint density at radius 1 is 1.17 bits per heavy atom. The third kappa shape index (κ3) is 6.23. The number of alkyl halides is 3. The van der Waals surface area contributed by atoms with Gasteiger partial charge in [-0.3, -0.25) is 4.90 Å². The highest BCUT2D eigenvalue weighted by molar-refractivity contribution is 5.90. The summed E-state index contributed by atoms with van der Waals surface area (Å²) in [6, 6.07) is 3.32. The Labute approximate surface area is 174 Å². The van der Waals surface area contributed by atoms with E-state index < -0.39 is 17.8 Å². The van der Waals surface area contributed by atoms with E-state index in [4.69, 9.17) is 9.47 Å². The predicted octanol–water partition coefficient (Wildman–Crippen LogP) is 2.77. The lowest BCUT2D eigenvalue weighted by molar-refractivity contribution is -0.136. The van der Waals surface area contributed by atoms with Gasteiger partial charge in [0.15, 0.2) is 0 Å². The lowest BCUT2D eigenvalue weighted by Gasteiger charge is -2.35. The van der Waals surface area contributed by atoms with Crippen molar-refractivity contribution in [3.05, 3.63) is 23.8 Å². The molecule has 2 unspecified atom stereocenters. The summed E-state index contributed by atoms with van der Waals surface area (Å²) in [5.41, 5.74) is -0.657. The monoisotopic (exact) mass is 430 g/mol. The van der Waals surface area contributed by atoms with Gasteiger partial charge in [-0.05, 0) is 32.0 Å². The minimum Gasteiger partial charge on any atom is -0.378 e. The summed E-state index contributed by atoms with van der Waals surface area (Å²) >= 11 is 0. The third-order valence-electron chi connectivity index (χ3n) is 5.14. The van der Waals surface area contributed by atoms with Gasteiger partial charge in [0.1, 0.15) is 0 Å². The van der Waals surface area contributed by atoms with Crippen molar-refractivity contribution in [3.63, 3.8) is 0 Å². The first-order chi connectivity index (χ1) is 14.2. The average molecular weight is 430 g/mol. The molecule has 1 aromatic carbocycles. The fourth-order valence-electron chi connectivity index (χ4n) is 3.86. The van der Waals surface area contributed by atoms with Crippen LogP contribution < -0.4 is 15.5 Å². The van der Waals surface area contributed by atoms with E-state index in [1.807, 2.05) is 18.7 Å². The topological polar surface area (TPSA) is 66.1 Å². The number of nitrogens with zero attached hydrogens (tertiary/aromatic N) is 2. The summed E-state index contributed by atoms with van der Waals surface area (Å²) in [5.74, 6) is 0. The van der Waals surface area contributed by atoms with Gasteiger partial charge in [-0.1, -0.05) is 0 Å². The standard InChI is InChI=1S/C20H29F3N4O3/c1-14-12-26(13-15(2)30-14)6-5-24-19(28)25-18-4-3-16(11-17(18)20(21,22)23)27-7-9-29-10-8-27/h3-4,11,14-15H,5-10,12-13H2,1-2H3,(H2,24,25,28). The normalized spacial score (nSPS) is 23.3. The second-order valence-corrected chi connectivity index (χ2v) is 7.72. The number of hydrogen-bond donors (Lipinski definition) is 2. The van der Waals surface area contributed by atoms with E-state index in [2.05, 4.69) is 15.5 Å². The second-order valence-electron chi connectivity index (χ2n) is 7.72. The highest BCUT2D eigenvalue weighted by Gasteiger charge is 2.35. The van der Waals surface area contributed by atoms with Crippen LogP contribution in [-0.4, -0.2) is 75.6 Å². The first-order valence-electron chi connectivity index (χ1n) is 10.2. The second kappa shape index (κ2) is 9.84. The molecule has 2 aliphatic rings. The zero-order chi connectivity index (χ0) is 21.7. The number of hydrogen-bond acceptors (Lipinski definition) is 5. The highest BCUT2D eigenvalue weighted by Crippen LogP contribution is 2.37. The van der Waals surface area contributed by atoms with Crippen LogP contribution in [0.4, 0.5) is 29.3 Å². The van der Waals surface area contributed by atoms with E-state index in [0.717, 1.165) is 19.2 Å². The number of nitrogens with one attached hydrogen (secondary N) is 2. The molecule has 2 N–H and O–H groups in total. The number of anilines is 2. The maximum absolute atomic E-state index is 13.6. The smallest absolute Gasteiger partial charge is 0.378 e. The van der Waals surface area contributed by atoms with Crippen molar-refractivity contribution < 1.29 is 27.4 Å². The van der Waals surface area contributed by atoms with Gasteiger partial charge in [0.05, 0.1) is 36.7 Å². The SMILES string of the molecule is CC1CN(CCNC(=O)Nc2ccc(N3CCOCC3)cc2C(F)(F)F)CC(C)O1. The first kappa shape index (κ1) is 22.6. The molecule has 2 saturated heterocycles. The molecule has 2 atom stereocenters.